The molecule has 0 spiro atoms. The van der Waals surface area contributed by atoms with E-state index >= 15 is 0 Å². The second-order valence-electron chi connectivity index (χ2n) is 4.04. The molecule has 0 fully saturated rings. The maximum absolute atomic E-state index is 13.5. The van der Waals surface area contributed by atoms with E-state index in [9.17, 15) is 4.39 Å². The molecule has 0 amide bonds. The molecule has 1 unspecified atom stereocenters. The van der Waals surface area contributed by atoms with Crippen LogP contribution < -0.4 is 10.5 Å². The van der Waals surface area contributed by atoms with Crippen molar-refractivity contribution < 1.29 is 9.13 Å². The topological polar surface area (TPSA) is 35.2 Å². The van der Waals surface area contributed by atoms with Crippen molar-refractivity contribution >= 4 is 31.9 Å². The molecule has 0 bridgehead atoms. The van der Waals surface area contributed by atoms with E-state index in [2.05, 4.69) is 31.9 Å². The van der Waals surface area contributed by atoms with Crippen LogP contribution in [0.2, 0.25) is 0 Å². The van der Waals surface area contributed by atoms with Crippen LogP contribution >= 0.6 is 31.9 Å². The number of hydrogen-bond acceptors (Lipinski definition) is 2. The van der Waals surface area contributed by atoms with Gasteiger partial charge in [0.25, 0.3) is 0 Å². The van der Waals surface area contributed by atoms with Crippen LogP contribution in [0, 0.1) is 5.82 Å². The molecule has 1 atom stereocenters. The lowest BCUT2D eigenvalue weighted by Crippen LogP contribution is -2.12. The Hall–Kier alpha value is -0.910. The number of hydrogen-bond donors (Lipinski definition) is 1. The molecule has 0 radical (unpaired) electrons. The van der Waals surface area contributed by atoms with Crippen LogP contribution in [0.1, 0.15) is 17.2 Å². The summed E-state index contributed by atoms with van der Waals surface area (Å²) in [6.45, 7) is 0. The zero-order valence-corrected chi connectivity index (χ0v) is 13.3. The molecule has 0 aliphatic carbocycles. The van der Waals surface area contributed by atoms with E-state index in [1.807, 2.05) is 18.2 Å². The SMILES string of the molecule is COc1ccc(C(N)c2ccc(Br)c(F)c2)c(Br)c1. The molecule has 0 heterocycles. The summed E-state index contributed by atoms with van der Waals surface area (Å²) in [5.41, 5.74) is 7.77. The summed E-state index contributed by atoms with van der Waals surface area (Å²) in [6, 6.07) is 10.0. The van der Waals surface area contributed by atoms with Crippen LogP contribution in [-0.4, -0.2) is 7.11 Å². The second kappa shape index (κ2) is 6.03. The predicted molar refractivity (Wildman–Crippen MR) is 80.8 cm³/mol. The molecular formula is C14H12Br2FNO. The van der Waals surface area contributed by atoms with Gasteiger partial charge in [0.15, 0.2) is 0 Å². The summed E-state index contributed by atoms with van der Waals surface area (Å²) in [7, 11) is 1.60. The number of halogens is 3. The van der Waals surface area contributed by atoms with Crippen molar-refractivity contribution in [2.24, 2.45) is 5.73 Å². The molecule has 0 saturated heterocycles. The lowest BCUT2D eigenvalue weighted by Gasteiger charge is -2.15. The fourth-order valence-electron chi connectivity index (χ4n) is 1.77. The van der Waals surface area contributed by atoms with Gasteiger partial charge in [0.2, 0.25) is 0 Å². The van der Waals surface area contributed by atoms with E-state index in [1.54, 1.807) is 19.2 Å². The smallest absolute Gasteiger partial charge is 0.137 e. The van der Waals surface area contributed by atoms with Gasteiger partial charge >= 0.3 is 0 Å². The van der Waals surface area contributed by atoms with E-state index in [0.717, 1.165) is 15.8 Å². The molecule has 19 heavy (non-hydrogen) atoms. The van der Waals surface area contributed by atoms with Gasteiger partial charge < -0.3 is 10.5 Å². The molecule has 0 aliphatic heterocycles. The van der Waals surface area contributed by atoms with Gasteiger partial charge in [-0.1, -0.05) is 28.1 Å². The van der Waals surface area contributed by atoms with Crippen molar-refractivity contribution in [3.05, 3.63) is 62.3 Å². The predicted octanol–water partition coefficient (Wildman–Crippen LogP) is 4.41. The average molecular weight is 389 g/mol. The van der Waals surface area contributed by atoms with E-state index in [1.165, 1.54) is 6.07 Å². The minimum Gasteiger partial charge on any atom is -0.497 e. The quantitative estimate of drug-likeness (QED) is 0.845. The van der Waals surface area contributed by atoms with Crippen molar-refractivity contribution in [1.82, 2.24) is 0 Å². The van der Waals surface area contributed by atoms with Crippen molar-refractivity contribution in [3.63, 3.8) is 0 Å². The van der Waals surface area contributed by atoms with Crippen molar-refractivity contribution in [1.29, 1.82) is 0 Å². The summed E-state index contributed by atoms with van der Waals surface area (Å²) in [4.78, 5) is 0. The Morgan fingerprint density at radius 1 is 1.11 bits per heavy atom. The van der Waals surface area contributed by atoms with Gasteiger partial charge in [0.05, 0.1) is 17.6 Å². The third kappa shape index (κ3) is 3.16. The van der Waals surface area contributed by atoms with Crippen LogP contribution in [0.25, 0.3) is 0 Å². The molecule has 0 aromatic heterocycles. The minimum absolute atomic E-state index is 0.322. The molecule has 5 heteroatoms. The lowest BCUT2D eigenvalue weighted by molar-refractivity contribution is 0.414. The summed E-state index contributed by atoms with van der Waals surface area (Å²) in [5.74, 6) is 0.419. The number of benzene rings is 2. The summed E-state index contributed by atoms with van der Waals surface area (Å²) >= 11 is 6.58. The molecule has 2 aromatic rings. The van der Waals surface area contributed by atoms with Gasteiger partial charge in [-0.15, -0.1) is 0 Å². The Labute approximate surface area is 128 Å². The fraction of sp³-hybridized carbons (Fsp3) is 0.143. The third-order valence-electron chi connectivity index (χ3n) is 2.85. The molecule has 0 aliphatic rings. The van der Waals surface area contributed by atoms with Gasteiger partial charge in [0, 0.05) is 4.47 Å². The molecule has 100 valence electrons. The van der Waals surface area contributed by atoms with Crippen LogP contribution in [0.15, 0.2) is 45.3 Å². The Balaban J connectivity index is 2.38. The first-order chi connectivity index (χ1) is 9.02. The van der Waals surface area contributed by atoms with E-state index in [0.29, 0.717) is 10.0 Å². The van der Waals surface area contributed by atoms with Gasteiger partial charge in [-0.25, -0.2) is 4.39 Å². The summed E-state index contributed by atoms with van der Waals surface area (Å²) in [6.07, 6.45) is 0. The maximum Gasteiger partial charge on any atom is 0.137 e. The normalized spacial score (nSPS) is 12.3. The van der Waals surface area contributed by atoms with E-state index in [4.69, 9.17) is 10.5 Å². The molecule has 2 aromatic carbocycles. The van der Waals surface area contributed by atoms with Gasteiger partial charge in [-0.2, -0.15) is 0 Å². The van der Waals surface area contributed by atoms with Crippen LogP contribution in [0.3, 0.4) is 0 Å². The van der Waals surface area contributed by atoms with Gasteiger partial charge in [-0.05, 0) is 51.3 Å². The van der Waals surface area contributed by atoms with Crippen molar-refractivity contribution in [3.8, 4) is 5.75 Å². The van der Waals surface area contributed by atoms with E-state index in [-0.39, 0.29) is 5.82 Å². The third-order valence-corrected chi connectivity index (χ3v) is 4.18. The first-order valence-electron chi connectivity index (χ1n) is 5.57. The molecule has 0 saturated carbocycles. The van der Waals surface area contributed by atoms with Gasteiger partial charge in [0.1, 0.15) is 11.6 Å². The van der Waals surface area contributed by atoms with Crippen molar-refractivity contribution in [2.75, 3.05) is 7.11 Å². The number of nitrogens with two attached hydrogens (primary N) is 1. The monoisotopic (exact) mass is 387 g/mol. The van der Waals surface area contributed by atoms with Crippen LogP contribution in [0.4, 0.5) is 4.39 Å². The van der Waals surface area contributed by atoms with Crippen LogP contribution in [0.5, 0.6) is 5.75 Å². The molecular weight excluding hydrogens is 377 g/mol. The fourth-order valence-corrected chi connectivity index (χ4v) is 2.62. The number of methoxy groups -OCH3 is 1. The second-order valence-corrected chi connectivity index (χ2v) is 5.75. The summed E-state index contributed by atoms with van der Waals surface area (Å²) in [5, 5.41) is 0. The van der Waals surface area contributed by atoms with E-state index < -0.39 is 6.04 Å². The Bertz CT molecular complexity index is 604. The Morgan fingerprint density at radius 2 is 1.84 bits per heavy atom. The highest BCUT2D eigenvalue weighted by atomic mass is 79.9. The highest BCUT2D eigenvalue weighted by molar-refractivity contribution is 9.10. The average Bonchev–Trinajstić information content (AvgIpc) is 2.41. The zero-order chi connectivity index (χ0) is 14.0. The number of ether oxygens (including phenoxy) is 1. The van der Waals surface area contributed by atoms with Crippen molar-refractivity contribution in [2.45, 2.75) is 6.04 Å². The highest BCUT2D eigenvalue weighted by Crippen LogP contribution is 2.31. The van der Waals surface area contributed by atoms with Crippen LogP contribution in [-0.2, 0) is 0 Å². The highest BCUT2D eigenvalue weighted by Gasteiger charge is 2.14. The molecule has 2 nitrogen and oxygen atoms in total. The van der Waals surface area contributed by atoms with Gasteiger partial charge in [-0.3, -0.25) is 0 Å². The molecule has 2 rings (SSSR count). The lowest BCUT2D eigenvalue weighted by atomic mass is 9.99. The Kier molecular flexibility index (Phi) is 4.60. The summed E-state index contributed by atoms with van der Waals surface area (Å²) < 4.78 is 19.9. The molecule has 2 N–H and O–H groups in total. The largest absolute Gasteiger partial charge is 0.497 e. The first kappa shape index (κ1) is 14.5. The Morgan fingerprint density at radius 3 is 2.42 bits per heavy atom. The first-order valence-corrected chi connectivity index (χ1v) is 7.15. The number of rotatable bonds is 3. The minimum atomic E-state index is -0.400. The maximum atomic E-state index is 13.5. The standard InChI is InChI=1S/C14H12Br2FNO/c1-19-9-3-4-10(12(16)7-9)14(18)8-2-5-11(15)13(17)6-8/h2-7,14H,18H2,1H3. The zero-order valence-electron chi connectivity index (χ0n) is 10.2.